The van der Waals surface area contributed by atoms with Crippen LogP contribution < -0.4 is 5.32 Å². The average molecular weight is 364 g/mol. The van der Waals surface area contributed by atoms with Crippen molar-refractivity contribution in [2.45, 2.75) is 11.8 Å². The van der Waals surface area contributed by atoms with Crippen molar-refractivity contribution < 1.29 is 22.9 Å². The van der Waals surface area contributed by atoms with Crippen LogP contribution in [-0.4, -0.2) is 32.2 Å². The number of benzene rings is 2. The Morgan fingerprint density at radius 1 is 1.24 bits per heavy atom. The number of nitro benzene ring substituents is 1. The topological polar surface area (TPSA) is 116 Å². The smallest absolute Gasteiger partial charge is 0.338 e. The van der Waals surface area contributed by atoms with Crippen LogP contribution in [0.4, 0.5) is 17.1 Å². The molecule has 0 saturated heterocycles. The van der Waals surface area contributed by atoms with Gasteiger partial charge in [-0.2, -0.15) is 0 Å². The Kier molecular flexibility index (Phi) is 5.38. The first-order valence-corrected chi connectivity index (χ1v) is 9.14. The van der Waals surface area contributed by atoms with Crippen molar-refractivity contribution in [3.8, 4) is 0 Å². The first kappa shape index (κ1) is 18.4. The molecule has 0 unspecified atom stereocenters. The largest absolute Gasteiger partial charge is 0.462 e. The van der Waals surface area contributed by atoms with Gasteiger partial charge in [-0.25, -0.2) is 13.2 Å². The number of rotatable bonds is 6. The maximum absolute atomic E-state index is 11.8. The summed E-state index contributed by atoms with van der Waals surface area (Å²) in [6.45, 7) is 1.92. The van der Waals surface area contributed by atoms with E-state index in [4.69, 9.17) is 4.74 Å². The second kappa shape index (κ2) is 7.31. The Morgan fingerprint density at radius 2 is 1.96 bits per heavy atom. The van der Waals surface area contributed by atoms with E-state index in [1.54, 1.807) is 25.1 Å². The summed E-state index contributed by atoms with van der Waals surface area (Å²) in [5, 5.41) is 14.1. The third kappa shape index (κ3) is 4.54. The van der Waals surface area contributed by atoms with Crippen molar-refractivity contribution in [3.05, 3.63) is 58.1 Å². The van der Waals surface area contributed by atoms with E-state index in [0.29, 0.717) is 11.3 Å². The minimum absolute atomic E-state index is 0.110. The van der Waals surface area contributed by atoms with E-state index in [9.17, 15) is 23.3 Å². The molecule has 0 spiro atoms. The molecular formula is C16H16N2O6S. The van der Waals surface area contributed by atoms with Gasteiger partial charge in [0.25, 0.3) is 5.69 Å². The number of hydrogen-bond donors (Lipinski definition) is 1. The summed E-state index contributed by atoms with van der Waals surface area (Å²) in [5.41, 5.74) is 0.450. The van der Waals surface area contributed by atoms with Crippen molar-refractivity contribution in [2.75, 3.05) is 18.2 Å². The lowest BCUT2D eigenvalue weighted by molar-refractivity contribution is -0.384. The number of sulfone groups is 1. The van der Waals surface area contributed by atoms with Gasteiger partial charge in [-0.1, -0.05) is 6.07 Å². The first-order valence-electron chi connectivity index (χ1n) is 7.25. The highest BCUT2D eigenvalue weighted by molar-refractivity contribution is 7.90. The van der Waals surface area contributed by atoms with Gasteiger partial charge >= 0.3 is 5.97 Å². The molecule has 0 atom stereocenters. The Balaban J connectivity index is 2.39. The van der Waals surface area contributed by atoms with E-state index in [1.165, 1.54) is 18.2 Å². The zero-order chi connectivity index (χ0) is 18.6. The summed E-state index contributed by atoms with van der Waals surface area (Å²) in [5.74, 6) is -0.506. The molecule has 2 aromatic rings. The van der Waals surface area contributed by atoms with E-state index in [-0.39, 0.29) is 22.9 Å². The number of nitrogens with one attached hydrogen (secondary N) is 1. The van der Waals surface area contributed by atoms with Crippen molar-refractivity contribution in [3.63, 3.8) is 0 Å². The van der Waals surface area contributed by atoms with Gasteiger partial charge < -0.3 is 10.1 Å². The molecule has 0 amide bonds. The Labute approximate surface area is 144 Å². The van der Waals surface area contributed by atoms with Gasteiger partial charge in [-0.15, -0.1) is 0 Å². The maximum Gasteiger partial charge on any atom is 0.338 e. The molecule has 9 heteroatoms. The summed E-state index contributed by atoms with van der Waals surface area (Å²) in [6.07, 6.45) is 0.974. The Hall–Kier alpha value is -2.94. The molecule has 0 aromatic heterocycles. The van der Waals surface area contributed by atoms with Crippen LogP contribution in [0, 0.1) is 10.1 Å². The van der Waals surface area contributed by atoms with Crippen molar-refractivity contribution in [1.29, 1.82) is 0 Å². The van der Waals surface area contributed by atoms with Crippen LogP contribution in [0.3, 0.4) is 0 Å². The molecule has 0 aliphatic rings. The number of carbonyl (C=O) groups excluding carboxylic acids is 1. The van der Waals surface area contributed by atoms with Gasteiger partial charge in [-0.3, -0.25) is 10.1 Å². The lowest BCUT2D eigenvalue weighted by atomic mass is 10.2. The van der Waals surface area contributed by atoms with E-state index in [1.807, 2.05) is 0 Å². The number of esters is 1. The van der Waals surface area contributed by atoms with Gasteiger partial charge in [-0.05, 0) is 37.3 Å². The number of nitro groups is 1. The SMILES string of the molecule is CCOC(=O)c1cccc(Nc2ccc(S(C)(=O)=O)cc2[N+](=O)[O-])c1. The molecule has 8 nitrogen and oxygen atoms in total. The van der Waals surface area contributed by atoms with Gasteiger partial charge in [0.15, 0.2) is 9.84 Å². The fourth-order valence-electron chi connectivity index (χ4n) is 2.09. The van der Waals surface area contributed by atoms with E-state index < -0.39 is 20.7 Å². The quantitative estimate of drug-likeness (QED) is 0.476. The monoisotopic (exact) mass is 364 g/mol. The summed E-state index contributed by atoms with van der Waals surface area (Å²) >= 11 is 0. The predicted molar refractivity (Wildman–Crippen MR) is 91.9 cm³/mol. The predicted octanol–water partition coefficient (Wildman–Crippen LogP) is 2.92. The number of carbonyl (C=O) groups is 1. The molecule has 0 fully saturated rings. The highest BCUT2D eigenvalue weighted by atomic mass is 32.2. The molecule has 132 valence electrons. The third-order valence-electron chi connectivity index (χ3n) is 3.25. The third-order valence-corrected chi connectivity index (χ3v) is 4.36. The van der Waals surface area contributed by atoms with E-state index in [2.05, 4.69) is 5.32 Å². The standard InChI is InChI=1S/C16H16N2O6S/c1-3-24-16(19)11-5-4-6-12(9-11)17-14-8-7-13(25(2,22)23)10-15(14)18(20)21/h4-10,17H,3H2,1-2H3. The van der Waals surface area contributed by atoms with E-state index in [0.717, 1.165) is 12.3 Å². The van der Waals surface area contributed by atoms with Crippen LogP contribution in [-0.2, 0) is 14.6 Å². The molecule has 2 aromatic carbocycles. The maximum atomic E-state index is 11.8. The average Bonchev–Trinajstić information content (AvgIpc) is 2.54. The molecule has 25 heavy (non-hydrogen) atoms. The molecule has 0 heterocycles. The molecule has 0 aliphatic heterocycles. The Bertz CT molecular complexity index is 924. The number of hydrogen-bond acceptors (Lipinski definition) is 7. The fraction of sp³-hybridized carbons (Fsp3) is 0.188. The fourth-order valence-corrected chi connectivity index (χ4v) is 2.73. The molecule has 2 rings (SSSR count). The van der Waals surface area contributed by atoms with Crippen LogP contribution >= 0.6 is 0 Å². The van der Waals surface area contributed by atoms with Gasteiger partial charge in [0, 0.05) is 18.0 Å². The van der Waals surface area contributed by atoms with Crippen LogP contribution in [0.15, 0.2) is 47.4 Å². The van der Waals surface area contributed by atoms with Crippen molar-refractivity contribution in [1.82, 2.24) is 0 Å². The van der Waals surface area contributed by atoms with Crippen molar-refractivity contribution in [2.24, 2.45) is 0 Å². The first-order chi connectivity index (χ1) is 11.7. The highest BCUT2D eigenvalue weighted by Crippen LogP contribution is 2.30. The molecule has 0 aliphatic carbocycles. The number of anilines is 2. The zero-order valence-corrected chi connectivity index (χ0v) is 14.4. The van der Waals surface area contributed by atoms with Crippen LogP contribution in [0.1, 0.15) is 17.3 Å². The van der Waals surface area contributed by atoms with E-state index >= 15 is 0 Å². The summed E-state index contributed by atoms with van der Waals surface area (Å²) in [6, 6.07) is 9.86. The van der Waals surface area contributed by atoms with Gasteiger partial charge in [0.2, 0.25) is 0 Å². The Morgan fingerprint density at radius 3 is 2.56 bits per heavy atom. The molecule has 0 bridgehead atoms. The van der Waals surface area contributed by atoms with Gasteiger partial charge in [0.1, 0.15) is 5.69 Å². The molecule has 0 radical (unpaired) electrons. The second-order valence-electron chi connectivity index (χ2n) is 5.13. The molecule has 1 N–H and O–H groups in total. The lowest BCUT2D eigenvalue weighted by Gasteiger charge is -2.09. The summed E-state index contributed by atoms with van der Waals surface area (Å²) in [4.78, 5) is 22.2. The minimum atomic E-state index is -3.57. The highest BCUT2D eigenvalue weighted by Gasteiger charge is 2.19. The lowest BCUT2D eigenvalue weighted by Crippen LogP contribution is -2.05. The van der Waals surface area contributed by atoms with Crippen LogP contribution in [0.5, 0.6) is 0 Å². The summed E-state index contributed by atoms with van der Waals surface area (Å²) < 4.78 is 28.0. The minimum Gasteiger partial charge on any atom is -0.462 e. The second-order valence-corrected chi connectivity index (χ2v) is 7.15. The van der Waals surface area contributed by atoms with Crippen LogP contribution in [0.25, 0.3) is 0 Å². The number of ether oxygens (including phenoxy) is 1. The normalized spacial score (nSPS) is 11.0. The number of nitrogens with zero attached hydrogens (tertiary/aromatic N) is 1. The summed E-state index contributed by atoms with van der Waals surface area (Å²) in [7, 11) is -3.57. The van der Waals surface area contributed by atoms with Crippen LogP contribution in [0.2, 0.25) is 0 Å². The molecule has 0 saturated carbocycles. The van der Waals surface area contributed by atoms with Crippen molar-refractivity contribution >= 4 is 32.9 Å². The zero-order valence-electron chi connectivity index (χ0n) is 13.6. The van der Waals surface area contributed by atoms with Gasteiger partial charge in [0.05, 0.1) is 22.0 Å². The molecular weight excluding hydrogens is 348 g/mol.